The number of allylic oxidation sites excluding steroid dienone is 1. The van der Waals surface area contributed by atoms with Crippen LogP contribution in [0, 0.1) is 11.8 Å². The van der Waals surface area contributed by atoms with Crippen molar-refractivity contribution in [2.75, 3.05) is 7.11 Å². The molecule has 4 atom stereocenters. The lowest BCUT2D eigenvalue weighted by Crippen LogP contribution is -2.46. The number of ether oxygens (including phenoxy) is 3. The molecule has 1 N–H and O–H groups in total. The van der Waals surface area contributed by atoms with Crippen molar-refractivity contribution in [3.8, 4) is 0 Å². The SMILES string of the molecule is CCC1=C[C@@]2(C=C[C@@H]3C(C(=O)OC)=CO[C@@H](O)[C@@H]32)OC1=O. The second-order valence-electron chi connectivity index (χ2n) is 5.27. The zero-order chi connectivity index (χ0) is 15.2. The van der Waals surface area contributed by atoms with E-state index in [2.05, 4.69) is 0 Å². The quantitative estimate of drug-likeness (QED) is 0.599. The van der Waals surface area contributed by atoms with Gasteiger partial charge in [-0.15, -0.1) is 0 Å². The largest absolute Gasteiger partial charge is 0.472 e. The fourth-order valence-corrected chi connectivity index (χ4v) is 3.15. The number of carbonyl (C=O) groups is 2. The van der Waals surface area contributed by atoms with Crippen LogP contribution in [0.1, 0.15) is 13.3 Å². The molecule has 0 unspecified atom stereocenters. The Morgan fingerprint density at radius 1 is 1.52 bits per heavy atom. The van der Waals surface area contributed by atoms with Gasteiger partial charge in [0.1, 0.15) is 0 Å². The summed E-state index contributed by atoms with van der Waals surface area (Å²) < 4.78 is 15.3. The number of aliphatic hydroxyl groups is 1. The third-order valence-corrected chi connectivity index (χ3v) is 4.21. The Hall–Kier alpha value is -2.08. The van der Waals surface area contributed by atoms with Crippen LogP contribution in [0.4, 0.5) is 0 Å². The summed E-state index contributed by atoms with van der Waals surface area (Å²) in [5, 5.41) is 10.1. The lowest BCUT2D eigenvalue weighted by molar-refractivity contribution is -0.172. The third kappa shape index (κ3) is 1.90. The average Bonchev–Trinajstić information content (AvgIpc) is 3.00. The summed E-state index contributed by atoms with van der Waals surface area (Å²) in [6, 6.07) is 0. The number of hydrogen-bond donors (Lipinski definition) is 1. The molecular weight excluding hydrogens is 276 g/mol. The Labute approximate surface area is 121 Å². The highest BCUT2D eigenvalue weighted by Crippen LogP contribution is 2.49. The maximum absolute atomic E-state index is 11.9. The molecule has 112 valence electrons. The van der Waals surface area contributed by atoms with E-state index >= 15 is 0 Å². The van der Waals surface area contributed by atoms with Crippen LogP contribution < -0.4 is 0 Å². The minimum absolute atomic E-state index is 0.301. The molecule has 0 radical (unpaired) electrons. The highest BCUT2D eigenvalue weighted by molar-refractivity contribution is 5.93. The minimum atomic E-state index is -1.17. The Kier molecular flexibility index (Phi) is 3.13. The van der Waals surface area contributed by atoms with Crippen LogP contribution in [0.2, 0.25) is 0 Å². The molecule has 0 bridgehead atoms. The number of rotatable bonds is 2. The monoisotopic (exact) mass is 292 g/mol. The maximum Gasteiger partial charge on any atom is 0.337 e. The van der Waals surface area contributed by atoms with E-state index in [1.165, 1.54) is 13.4 Å². The smallest absolute Gasteiger partial charge is 0.337 e. The summed E-state index contributed by atoms with van der Waals surface area (Å²) in [6.07, 6.45) is 5.76. The van der Waals surface area contributed by atoms with Gasteiger partial charge < -0.3 is 19.3 Å². The summed E-state index contributed by atoms with van der Waals surface area (Å²) in [6.45, 7) is 1.86. The van der Waals surface area contributed by atoms with Crippen molar-refractivity contribution >= 4 is 11.9 Å². The molecule has 0 aromatic heterocycles. The first-order valence-electron chi connectivity index (χ1n) is 6.78. The molecule has 3 rings (SSSR count). The first kappa shape index (κ1) is 13.9. The van der Waals surface area contributed by atoms with Crippen molar-refractivity contribution in [2.24, 2.45) is 11.8 Å². The molecule has 2 heterocycles. The van der Waals surface area contributed by atoms with Gasteiger partial charge in [-0.25, -0.2) is 9.59 Å². The molecular formula is C15H16O6. The van der Waals surface area contributed by atoms with Gasteiger partial charge in [-0.1, -0.05) is 13.0 Å². The third-order valence-electron chi connectivity index (χ3n) is 4.21. The van der Waals surface area contributed by atoms with E-state index in [-0.39, 0.29) is 0 Å². The molecule has 0 aromatic rings. The molecule has 0 fully saturated rings. The Morgan fingerprint density at radius 3 is 2.90 bits per heavy atom. The van der Waals surface area contributed by atoms with Crippen LogP contribution in [0.25, 0.3) is 0 Å². The Morgan fingerprint density at radius 2 is 2.29 bits per heavy atom. The minimum Gasteiger partial charge on any atom is -0.472 e. The molecule has 1 spiro atoms. The molecule has 3 aliphatic rings. The van der Waals surface area contributed by atoms with Crippen LogP contribution in [-0.4, -0.2) is 36.0 Å². The predicted octanol–water partition coefficient (Wildman–Crippen LogP) is 0.826. The topological polar surface area (TPSA) is 82.1 Å². The van der Waals surface area contributed by atoms with Crippen molar-refractivity contribution in [3.63, 3.8) is 0 Å². The van der Waals surface area contributed by atoms with Crippen molar-refractivity contribution in [1.29, 1.82) is 0 Å². The molecule has 21 heavy (non-hydrogen) atoms. The molecule has 0 aromatic carbocycles. The van der Waals surface area contributed by atoms with Gasteiger partial charge in [0.05, 0.1) is 24.9 Å². The summed E-state index contributed by atoms with van der Waals surface area (Å²) in [4.78, 5) is 23.7. The second kappa shape index (κ2) is 4.73. The molecule has 6 nitrogen and oxygen atoms in total. The van der Waals surface area contributed by atoms with Gasteiger partial charge in [-0.3, -0.25) is 0 Å². The maximum atomic E-state index is 11.9. The van der Waals surface area contributed by atoms with Crippen LogP contribution in [-0.2, 0) is 23.8 Å². The molecule has 6 heteroatoms. The number of carbonyl (C=O) groups excluding carboxylic acids is 2. The van der Waals surface area contributed by atoms with E-state index in [9.17, 15) is 14.7 Å². The molecule has 0 amide bonds. The fourth-order valence-electron chi connectivity index (χ4n) is 3.15. The molecule has 1 aliphatic carbocycles. The highest BCUT2D eigenvalue weighted by atomic mass is 16.6. The van der Waals surface area contributed by atoms with E-state index in [4.69, 9.17) is 14.2 Å². The number of hydrogen-bond acceptors (Lipinski definition) is 6. The van der Waals surface area contributed by atoms with Gasteiger partial charge in [0.15, 0.2) is 5.60 Å². The van der Waals surface area contributed by atoms with Crippen molar-refractivity contribution in [1.82, 2.24) is 0 Å². The summed E-state index contributed by atoms with van der Waals surface area (Å²) >= 11 is 0. The number of esters is 2. The van der Waals surface area contributed by atoms with Gasteiger partial charge in [-0.2, -0.15) is 0 Å². The fraction of sp³-hybridized carbons (Fsp3) is 0.467. The van der Waals surface area contributed by atoms with Crippen molar-refractivity contribution < 1.29 is 28.9 Å². The van der Waals surface area contributed by atoms with Gasteiger partial charge in [0.25, 0.3) is 0 Å². The van der Waals surface area contributed by atoms with Crippen LogP contribution in [0.5, 0.6) is 0 Å². The zero-order valence-corrected chi connectivity index (χ0v) is 11.7. The Bertz CT molecular complexity index is 587. The van der Waals surface area contributed by atoms with Crippen molar-refractivity contribution in [3.05, 3.63) is 35.6 Å². The van der Waals surface area contributed by atoms with E-state index < -0.39 is 35.7 Å². The lowest BCUT2D eigenvalue weighted by Gasteiger charge is -2.37. The van der Waals surface area contributed by atoms with E-state index in [0.29, 0.717) is 17.6 Å². The van der Waals surface area contributed by atoms with E-state index in [1.807, 2.05) is 6.92 Å². The summed E-state index contributed by atoms with van der Waals surface area (Å²) in [5.41, 5.74) is -0.197. The van der Waals surface area contributed by atoms with E-state index in [1.54, 1.807) is 18.2 Å². The van der Waals surface area contributed by atoms with Gasteiger partial charge in [0, 0.05) is 11.5 Å². The molecule has 0 saturated heterocycles. The normalized spacial score (nSPS) is 36.7. The van der Waals surface area contributed by atoms with Crippen LogP contribution in [0.3, 0.4) is 0 Å². The van der Waals surface area contributed by atoms with Crippen LogP contribution >= 0.6 is 0 Å². The predicted molar refractivity (Wildman–Crippen MR) is 70.5 cm³/mol. The zero-order valence-electron chi connectivity index (χ0n) is 11.7. The summed E-state index contributed by atoms with van der Waals surface area (Å²) in [5.74, 6) is -1.93. The van der Waals surface area contributed by atoms with Gasteiger partial charge in [0.2, 0.25) is 6.29 Å². The highest BCUT2D eigenvalue weighted by Gasteiger charge is 2.57. The second-order valence-corrected chi connectivity index (χ2v) is 5.27. The lowest BCUT2D eigenvalue weighted by atomic mass is 9.79. The average molecular weight is 292 g/mol. The summed E-state index contributed by atoms with van der Waals surface area (Å²) in [7, 11) is 1.28. The number of aliphatic hydroxyl groups excluding tert-OH is 1. The Balaban J connectivity index is 1.99. The van der Waals surface area contributed by atoms with Gasteiger partial charge in [-0.05, 0) is 18.6 Å². The van der Waals surface area contributed by atoms with Gasteiger partial charge >= 0.3 is 11.9 Å². The van der Waals surface area contributed by atoms with Crippen molar-refractivity contribution in [2.45, 2.75) is 25.2 Å². The molecule has 2 aliphatic heterocycles. The first-order valence-corrected chi connectivity index (χ1v) is 6.78. The number of fused-ring (bicyclic) bond motifs is 2. The standard InChI is InChI=1S/C15H16O6/c1-3-8-6-15(21-12(8)16)5-4-9-10(13(17)19-2)7-20-14(18)11(9)15/h4-7,9,11,14,18H,3H2,1-2H3/t9-,11-,14-,15-/m1/s1. The van der Waals surface area contributed by atoms with Crippen LogP contribution in [0.15, 0.2) is 35.6 Å². The van der Waals surface area contributed by atoms with E-state index in [0.717, 1.165) is 0 Å². The first-order chi connectivity index (χ1) is 10.0. The molecule has 0 saturated carbocycles. The number of methoxy groups -OCH3 is 1.